The Hall–Kier alpha value is -2.76. The highest BCUT2D eigenvalue weighted by Crippen LogP contribution is 2.36. The summed E-state index contributed by atoms with van der Waals surface area (Å²) in [6, 6.07) is 19.4. The van der Waals surface area contributed by atoms with Crippen molar-refractivity contribution in [2.45, 2.75) is 32.3 Å². The zero-order chi connectivity index (χ0) is 21.1. The van der Waals surface area contributed by atoms with Crippen LogP contribution in [0.15, 0.2) is 60.7 Å². The predicted molar refractivity (Wildman–Crippen MR) is 118 cm³/mol. The monoisotopic (exact) mass is 404 g/mol. The quantitative estimate of drug-likeness (QED) is 0.677. The molecule has 0 bridgehead atoms. The fourth-order valence-electron chi connectivity index (χ4n) is 4.58. The van der Waals surface area contributed by atoms with E-state index in [1.165, 1.54) is 0 Å². The summed E-state index contributed by atoms with van der Waals surface area (Å²) in [4.78, 5) is 20.2. The Balaban J connectivity index is 1.76. The van der Waals surface area contributed by atoms with Gasteiger partial charge in [-0.15, -0.1) is 0 Å². The Labute approximate surface area is 177 Å². The van der Waals surface area contributed by atoms with E-state index in [1.807, 2.05) is 67.6 Å². The van der Waals surface area contributed by atoms with Crippen molar-refractivity contribution in [3.05, 3.63) is 66.2 Å². The number of carbonyl (C=O) groups is 1. The normalized spacial score (nSPS) is 21.7. The van der Waals surface area contributed by atoms with Gasteiger partial charge in [-0.2, -0.15) is 0 Å². The van der Waals surface area contributed by atoms with Crippen LogP contribution in [-0.4, -0.2) is 51.8 Å². The van der Waals surface area contributed by atoms with Crippen molar-refractivity contribution in [3.8, 4) is 11.3 Å². The molecule has 2 aromatic carbocycles. The number of nitrogens with zero attached hydrogens (tertiary/aromatic N) is 2. The largest absolute Gasteiger partial charge is 0.396 e. The molecule has 156 valence electrons. The topological polar surface area (TPSA) is 73.7 Å². The Kier molecular flexibility index (Phi) is 5.84. The van der Waals surface area contributed by atoms with E-state index in [2.05, 4.69) is 0 Å². The zero-order valence-electron chi connectivity index (χ0n) is 17.3. The summed E-state index contributed by atoms with van der Waals surface area (Å²) in [5.41, 5.74) is 2.45. The van der Waals surface area contributed by atoms with Crippen molar-refractivity contribution >= 4 is 16.8 Å². The van der Waals surface area contributed by atoms with Crippen LogP contribution in [0.25, 0.3) is 22.2 Å². The minimum atomic E-state index is -0.659. The zero-order valence-corrected chi connectivity index (χ0v) is 17.3. The molecule has 30 heavy (non-hydrogen) atoms. The summed E-state index contributed by atoms with van der Waals surface area (Å²) in [6.07, 6.45) is 1.40. The maximum Gasteiger partial charge on any atom is 0.254 e. The minimum absolute atomic E-state index is 0.0772. The molecule has 0 aliphatic carbocycles. The predicted octanol–water partition coefficient (Wildman–Crippen LogP) is 3.89. The van der Waals surface area contributed by atoms with E-state index in [0.717, 1.165) is 28.6 Å². The first kappa shape index (κ1) is 20.5. The number of aliphatic hydroxyl groups excluding tert-OH is 2. The number of hydrogen-bond donors (Lipinski definition) is 2. The fraction of sp³-hybridized carbons (Fsp3) is 0.360. The summed E-state index contributed by atoms with van der Waals surface area (Å²) >= 11 is 0. The number of benzene rings is 2. The number of pyridine rings is 1. The molecule has 1 fully saturated rings. The van der Waals surface area contributed by atoms with Gasteiger partial charge in [0.05, 0.1) is 29.5 Å². The van der Waals surface area contributed by atoms with Crippen molar-refractivity contribution in [2.75, 3.05) is 19.7 Å². The Morgan fingerprint density at radius 3 is 2.63 bits per heavy atom. The Morgan fingerprint density at radius 2 is 1.90 bits per heavy atom. The molecule has 1 aliphatic heterocycles. The van der Waals surface area contributed by atoms with Crippen LogP contribution in [0.3, 0.4) is 0 Å². The molecule has 0 unspecified atom stereocenters. The number of likely N-dealkylation sites (tertiary alicyclic amines) is 1. The van der Waals surface area contributed by atoms with E-state index in [9.17, 15) is 15.0 Å². The van der Waals surface area contributed by atoms with Crippen molar-refractivity contribution < 1.29 is 15.0 Å². The van der Waals surface area contributed by atoms with Crippen LogP contribution in [0.1, 0.15) is 36.5 Å². The maximum absolute atomic E-state index is 13.6. The number of hydrogen-bond acceptors (Lipinski definition) is 4. The third kappa shape index (κ3) is 3.71. The summed E-state index contributed by atoms with van der Waals surface area (Å²) in [7, 11) is 0. The van der Waals surface area contributed by atoms with E-state index in [1.54, 1.807) is 4.90 Å². The highest BCUT2D eigenvalue weighted by Gasteiger charge is 2.43. The number of carbonyl (C=O) groups excluding carboxylic acids is 1. The van der Waals surface area contributed by atoms with Gasteiger partial charge in [0.25, 0.3) is 5.91 Å². The van der Waals surface area contributed by atoms with Crippen LogP contribution in [0.2, 0.25) is 0 Å². The van der Waals surface area contributed by atoms with Gasteiger partial charge in [-0.05, 0) is 25.0 Å². The molecule has 0 radical (unpaired) electrons. The third-order valence-corrected chi connectivity index (χ3v) is 6.25. The molecule has 5 heteroatoms. The number of piperidine rings is 1. The summed E-state index contributed by atoms with van der Waals surface area (Å²) in [5, 5.41) is 21.5. The molecule has 5 nitrogen and oxygen atoms in total. The van der Waals surface area contributed by atoms with Crippen molar-refractivity contribution in [1.29, 1.82) is 0 Å². The smallest absolute Gasteiger partial charge is 0.254 e. The van der Waals surface area contributed by atoms with Gasteiger partial charge in [0, 0.05) is 29.5 Å². The van der Waals surface area contributed by atoms with E-state index in [0.29, 0.717) is 31.5 Å². The molecule has 4 rings (SSSR count). The summed E-state index contributed by atoms with van der Waals surface area (Å²) in [6.45, 7) is 2.74. The van der Waals surface area contributed by atoms with E-state index in [4.69, 9.17) is 4.98 Å². The van der Waals surface area contributed by atoms with Gasteiger partial charge in [0.2, 0.25) is 0 Å². The summed E-state index contributed by atoms with van der Waals surface area (Å²) < 4.78 is 0. The second-order valence-corrected chi connectivity index (χ2v) is 8.24. The molecular weight excluding hydrogens is 376 g/mol. The summed E-state index contributed by atoms with van der Waals surface area (Å²) in [5.74, 6) is -0.0772. The first-order chi connectivity index (χ1) is 14.6. The lowest BCUT2D eigenvalue weighted by molar-refractivity contribution is -0.0719. The van der Waals surface area contributed by atoms with Gasteiger partial charge in [-0.3, -0.25) is 4.79 Å². The van der Waals surface area contributed by atoms with Gasteiger partial charge >= 0.3 is 0 Å². The number of rotatable bonds is 5. The highest BCUT2D eigenvalue weighted by atomic mass is 16.3. The standard InChI is InChI=1S/C25H28N2O3/c1-2-13-25(17-28)16-27(14-12-23(25)29)24(30)20-15-22(18-8-4-3-5-9-18)26-21-11-7-6-10-19(20)21/h3-11,15,23,28-29H,2,12-14,16-17H2,1H3/t23-,25-/m0/s1. The number of para-hydroxylation sites is 1. The molecule has 3 aromatic rings. The number of aliphatic hydroxyl groups is 2. The first-order valence-corrected chi connectivity index (χ1v) is 10.6. The van der Waals surface area contributed by atoms with Crippen LogP contribution < -0.4 is 0 Å². The van der Waals surface area contributed by atoms with Gasteiger partial charge in [-0.25, -0.2) is 4.98 Å². The van der Waals surface area contributed by atoms with Crippen LogP contribution in [0.4, 0.5) is 0 Å². The van der Waals surface area contributed by atoms with Crippen molar-refractivity contribution in [1.82, 2.24) is 9.88 Å². The minimum Gasteiger partial charge on any atom is -0.396 e. The number of fused-ring (bicyclic) bond motifs is 1. The lowest BCUT2D eigenvalue weighted by atomic mass is 9.74. The molecular formula is C25H28N2O3. The second-order valence-electron chi connectivity index (χ2n) is 8.24. The van der Waals surface area contributed by atoms with Crippen molar-refractivity contribution in [3.63, 3.8) is 0 Å². The molecule has 1 amide bonds. The molecule has 0 saturated carbocycles. The van der Waals surface area contributed by atoms with Crippen LogP contribution >= 0.6 is 0 Å². The molecule has 2 atom stereocenters. The average Bonchev–Trinajstić information content (AvgIpc) is 2.80. The lowest BCUT2D eigenvalue weighted by Crippen LogP contribution is -2.55. The SMILES string of the molecule is CCC[C@@]1(CO)CN(C(=O)c2cc(-c3ccccc3)nc3ccccc23)CC[C@@H]1O. The molecule has 0 spiro atoms. The third-order valence-electron chi connectivity index (χ3n) is 6.25. The lowest BCUT2D eigenvalue weighted by Gasteiger charge is -2.45. The van der Waals surface area contributed by atoms with Gasteiger partial charge < -0.3 is 15.1 Å². The fourth-order valence-corrected chi connectivity index (χ4v) is 4.58. The van der Waals surface area contributed by atoms with Crippen LogP contribution in [0, 0.1) is 5.41 Å². The van der Waals surface area contributed by atoms with Crippen LogP contribution in [-0.2, 0) is 0 Å². The highest BCUT2D eigenvalue weighted by molar-refractivity contribution is 6.07. The van der Waals surface area contributed by atoms with E-state index >= 15 is 0 Å². The van der Waals surface area contributed by atoms with Gasteiger partial charge in [0.1, 0.15) is 0 Å². The van der Waals surface area contributed by atoms with Crippen molar-refractivity contribution in [2.24, 2.45) is 5.41 Å². The van der Waals surface area contributed by atoms with Gasteiger partial charge in [0.15, 0.2) is 0 Å². The maximum atomic E-state index is 13.6. The van der Waals surface area contributed by atoms with Gasteiger partial charge in [-0.1, -0.05) is 61.9 Å². The van der Waals surface area contributed by atoms with Crippen LogP contribution in [0.5, 0.6) is 0 Å². The molecule has 2 N–H and O–H groups in total. The van der Waals surface area contributed by atoms with E-state index in [-0.39, 0.29) is 12.5 Å². The number of amides is 1. The average molecular weight is 405 g/mol. The molecule has 2 heterocycles. The van der Waals surface area contributed by atoms with E-state index < -0.39 is 11.5 Å². The molecule has 1 aliphatic rings. The first-order valence-electron chi connectivity index (χ1n) is 10.6. The second kappa shape index (κ2) is 8.54. The molecule has 1 saturated heterocycles. The number of aromatic nitrogens is 1. The Bertz CT molecular complexity index is 1040. The molecule has 1 aromatic heterocycles. The Morgan fingerprint density at radius 1 is 1.17 bits per heavy atom.